The van der Waals surface area contributed by atoms with E-state index in [0.29, 0.717) is 0 Å². The summed E-state index contributed by atoms with van der Waals surface area (Å²) in [5, 5.41) is 20.6. The molecule has 1 rings (SSSR count). The average molecular weight is 368 g/mol. The molecule has 0 aliphatic heterocycles. The van der Waals surface area contributed by atoms with E-state index in [2.05, 4.69) is 0 Å². The lowest BCUT2D eigenvalue weighted by atomic mass is 10.1. The molecular formula is C11H14FIN2O3. The Morgan fingerprint density at radius 1 is 1.56 bits per heavy atom. The Labute approximate surface area is 118 Å². The summed E-state index contributed by atoms with van der Waals surface area (Å²) in [5.41, 5.74) is -1.05. The average Bonchev–Trinajstić information content (AvgIpc) is 2.18. The van der Waals surface area contributed by atoms with E-state index in [1.165, 1.54) is 11.0 Å². The van der Waals surface area contributed by atoms with Crippen molar-refractivity contribution in [3.63, 3.8) is 0 Å². The molecule has 1 aromatic carbocycles. The minimum Gasteiger partial charge on any atom is -0.389 e. The zero-order valence-electron chi connectivity index (χ0n) is 10.3. The van der Waals surface area contributed by atoms with Crippen molar-refractivity contribution in [3.05, 3.63) is 31.6 Å². The molecule has 5 nitrogen and oxygen atoms in total. The highest BCUT2D eigenvalue weighted by Gasteiger charge is 2.24. The molecule has 0 bridgehead atoms. The second-order valence-electron chi connectivity index (χ2n) is 4.68. The van der Waals surface area contributed by atoms with Crippen molar-refractivity contribution < 1.29 is 14.4 Å². The molecule has 0 heterocycles. The zero-order chi connectivity index (χ0) is 14.1. The van der Waals surface area contributed by atoms with Gasteiger partial charge in [-0.15, -0.1) is 0 Å². The van der Waals surface area contributed by atoms with Crippen molar-refractivity contribution in [1.29, 1.82) is 0 Å². The summed E-state index contributed by atoms with van der Waals surface area (Å²) >= 11 is 1.70. The van der Waals surface area contributed by atoms with Crippen LogP contribution in [0.2, 0.25) is 0 Å². The van der Waals surface area contributed by atoms with Crippen LogP contribution in [0.1, 0.15) is 13.8 Å². The second-order valence-corrected chi connectivity index (χ2v) is 5.84. The molecule has 18 heavy (non-hydrogen) atoms. The van der Waals surface area contributed by atoms with E-state index < -0.39 is 16.3 Å². The molecule has 0 saturated carbocycles. The molecule has 0 spiro atoms. The van der Waals surface area contributed by atoms with Gasteiger partial charge in [0.15, 0.2) is 0 Å². The number of benzene rings is 1. The third kappa shape index (κ3) is 3.77. The molecule has 100 valence electrons. The van der Waals surface area contributed by atoms with Crippen molar-refractivity contribution in [1.82, 2.24) is 0 Å². The number of hydrogen-bond acceptors (Lipinski definition) is 4. The van der Waals surface area contributed by atoms with Gasteiger partial charge in [-0.2, -0.15) is 0 Å². The van der Waals surface area contributed by atoms with E-state index in [1.807, 2.05) is 0 Å². The van der Waals surface area contributed by atoms with Crippen molar-refractivity contribution in [2.45, 2.75) is 19.4 Å². The van der Waals surface area contributed by atoms with Crippen LogP contribution in [-0.2, 0) is 0 Å². The van der Waals surface area contributed by atoms with E-state index in [4.69, 9.17) is 0 Å². The quantitative estimate of drug-likeness (QED) is 0.504. The predicted octanol–water partition coefficient (Wildman–Crippen LogP) is 2.55. The van der Waals surface area contributed by atoms with E-state index in [-0.39, 0.29) is 21.5 Å². The summed E-state index contributed by atoms with van der Waals surface area (Å²) in [5.74, 6) is -0.515. The standard InChI is InChI=1S/C11H14FIN2O3/c1-11(2,16)6-14(3)9-4-7(12)8(13)5-10(9)15(17)18/h4-5,16H,6H2,1-3H3. The molecule has 0 fully saturated rings. The molecule has 0 amide bonds. The van der Waals surface area contributed by atoms with E-state index in [9.17, 15) is 19.6 Å². The SMILES string of the molecule is CN(CC(C)(C)O)c1cc(F)c(I)cc1[N+](=O)[O-]. The van der Waals surface area contributed by atoms with Crippen molar-refractivity contribution in [2.75, 3.05) is 18.5 Å². The zero-order valence-corrected chi connectivity index (χ0v) is 12.4. The van der Waals surface area contributed by atoms with Crippen molar-refractivity contribution >= 4 is 34.0 Å². The highest BCUT2D eigenvalue weighted by atomic mass is 127. The summed E-state index contributed by atoms with van der Waals surface area (Å²) in [6.45, 7) is 3.32. The molecule has 0 aliphatic rings. The maximum Gasteiger partial charge on any atom is 0.293 e. The normalized spacial score (nSPS) is 11.4. The van der Waals surface area contributed by atoms with Gasteiger partial charge in [-0.05, 0) is 36.4 Å². The summed E-state index contributed by atoms with van der Waals surface area (Å²) in [7, 11) is 1.58. The van der Waals surface area contributed by atoms with E-state index in [0.717, 1.165) is 6.07 Å². The fourth-order valence-electron chi connectivity index (χ4n) is 1.64. The molecule has 0 unspecified atom stereocenters. The monoisotopic (exact) mass is 368 g/mol. The molecule has 0 radical (unpaired) electrons. The Kier molecular flexibility index (Phi) is 4.49. The Hall–Kier alpha value is -0.960. The van der Waals surface area contributed by atoms with Crippen LogP contribution in [-0.4, -0.2) is 29.2 Å². The first-order valence-electron chi connectivity index (χ1n) is 5.19. The molecule has 1 N–H and O–H groups in total. The number of aliphatic hydroxyl groups is 1. The molecule has 0 atom stereocenters. The summed E-state index contributed by atoms with van der Waals surface area (Å²) in [6.07, 6.45) is 0. The van der Waals surface area contributed by atoms with Gasteiger partial charge in [-0.3, -0.25) is 10.1 Å². The van der Waals surface area contributed by atoms with Gasteiger partial charge in [0, 0.05) is 25.7 Å². The number of likely N-dealkylation sites (N-methyl/N-ethyl adjacent to an activating group) is 1. The van der Waals surface area contributed by atoms with Gasteiger partial charge in [0.05, 0.1) is 14.1 Å². The third-order valence-corrected chi connectivity index (χ3v) is 3.08. The first-order chi connectivity index (χ1) is 8.11. The number of nitrogens with zero attached hydrogens (tertiary/aromatic N) is 2. The lowest BCUT2D eigenvalue weighted by molar-refractivity contribution is -0.384. The minimum absolute atomic E-state index is 0.153. The number of nitro groups is 1. The van der Waals surface area contributed by atoms with Gasteiger partial charge in [-0.1, -0.05) is 0 Å². The summed E-state index contributed by atoms with van der Waals surface area (Å²) in [6, 6.07) is 2.30. The van der Waals surface area contributed by atoms with Crippen molar-refractivity contribution in [2.24, 2.45) is 0 Å². The maximum absolute atomic E-state index is 13.5. The maximum atomic E-state index is 13.5. The first-order valence-corrected chi connectivity index (χ1v) is 6.26. The number of hydrogen-bond donors (Lipinski definition) is 1. The van der Waals surface area contributed by atoms with Gasteiger partial charge in [0.1, 0.15) is 11.5 Å². The van der Waals surface area contributed by atoms with Crippen LogP contribution < -0.4 is 4.90 Å². The second kappa shape index (κ2) is 5.35. The lowest BCUT2D eigenvalue weighted by Gasteiger charge is -2.27. The van der Waals surface area contributed by atoms with E-state index >= 15 is 0 Å². The number of rotatable bonds is 4. The van der Waals surface area contributed by atoms with Gasteiger partial charge in [-0.25, -0.2) is 4.39 Å². The Morgan fingerprint density at radius 2 is 2.11 bits per heavy atom. The fraction of sp³-hybridized carbons (Fsp3) is 0.455. The van der Waals surface area contributed by atoms with Crippen LogP contribution in [0.3, 0.4) is 0 Å². The molecular weight excluding hydrogens is 354 g/mol. The van der Waals surface area contributed by atoms with Crippen LogP contribution in [0.15, 0.2) is 12.1 Å². The Bertz CT molecular complexity index is 474. The van der Waals surface area contributed by atoms with E-state index in [1.54, 1.807) is 43.5 Å². The topological polar surface area (TPSA) is 66.6 Å². The molecule has 0 aromatic heterocycles. The van der Waals surface area contributed by atoms with Gasteiger partial charge in [0.25, 0.3) is 5.69 Å². The van der Waals surface area contributed by atoms with Crippen molar-refractivity contribution in [3.8, 4) is 0 Å². The van der Waals surface area contributed by atoms with Gasteiger partial charge in [0.2, 0.25) is 0 Å². The summed E-state index contributed by atoms with van der Waals surface area (Å²) in [4.78, 5) is 11.9. The Morgan fingerprint density at radius 3 is 2.56 bits per heavy atom. The van der Waals surface area contributed by atoms with Crippen LogP contribution in [0.4, 0.5) is 15.8 Å². The predicted molar refractivity (Wildman–Crippen MR) is 75.3 cm³/mol. The highest BCUT2D eigenvalue weighted by molar-refractivity contribution is 14.1. The largest absolute Gasteiger partial charge is 0.389 e. The molecule has 0 aliphatic carbocycles. The summed E-state index contributed by atoms with van der Waals surface area (Å²) < 4.78 is 13.7. The Balaban J connectivity index is 3.22. The van der Waals surface area contributed by atoms with Gasteiger partial charge >= 0.3 is 0 Å². The molecule has 1 aromatic rings. The lowest BCUT2D eigenvalue weighted by Crippen LogP contribution is -2.36. The minimum atomic E-state index is -1.03. The smallest absolute Gasteiger partial charge is 0.293 e. The molecule has 0 saturated heterocycles. The van der Waals surface area contributed by atoms with Crippen LogP contribution in [0, 0.1) is 19.5 Å². The van der Waals surface area contributed by atoms with Crippen LogP contribution in [0.25, 0.3) is 0 Å². The molecule has 7 heteroatoms. The number of nitro benzene ring substituents is 1. The van der Waals surface area contributed by atoms with Crippen LogP contribution in [0.5, 0.6) is 0 Å². The van der Waals surface area contributed by atoms with Crippen LogP contribution >= 0.6 is 22.6 Å². The van der Waals surface area contributed by atoms with Gasteiger partial charge < -0.3 is 10.0 Å². The first kappa shape index (κ1) is 15.1. The number of anilines is 1. The fourth-order valence-corrected chi connectivity index (χ4v) is 2.09. The number of halogens is 2. The highest BCUT2D eigenvalue weighted by Crippen LogP contribution is 2.31. The third-order valence-electron chi connectivity index (χ3n) is 2.25.